The Kier molecular flexibility index (Phi) is 4.37. The quantitative estimate of drug-likeness (QED) is 0.553. The fourth-order valence-corrected chi connectivity index (χ4v) is 5.46. The summed E-state index contributed by atoms with van der Waals surface area (Å²) in [5, 5.41) is 0. The van der Waals surface area contributed by atoms with E-state index in [2.05, 4.69) is 44.0 Å². The van der Waals surface area contributed by atoms with Gasteiger partial charge in [0.05, 0.1) is 27.2 Å². The number of nitrogens with zero attached hydrogens (tertiary/aromatic N) is 2. The first-order valence-electron chi connectivity index (χ1n) is 8.56. The van der Waals surface area contributed by atoms with Gasteiger partial charge < -0.3 is 4.90 Å². The number of thiazole rings is 1. The molecule has 1 aliphatic heterocycles. The van der Waals surface area contributed by atoms with E-state index in [0.29, 0.717) is 5.75 Å². The predicted octanol–water partition coefficient (Wildman–Crippen LogP) is 5.62. The minimum atomic E-state index is -0.344. The zero-order valence-electron chi connectivity index (χ0n) is 15.0. The molecule has 0 atom stereocenters. The lowest BCUT2D eigenvalue weighted by Crippen LogP contribution is -2.49. The first-order valence-corrected chi connectivity index (χ1v) is 10.4. The monoisotopic (exact) mass is 380 g/mol. The highest BCUT2D eigenvalue weighted by Crippen LogP contribution is 2.39. The fourth-order valence-electron chi connectivity index (χ4n) is 3.54. The topological polar surface area (TPSA) is 33.2 Å². The molecule has 0 unspecified atom stereocenters. The van der Waals surface area contributed by atoms with E-state index < -0.39 is 0 Å². The Labute approximate surface area is 161 Å². The van der Waals surface area contributed by atoms with Crippen molar-refractivity contribution in [2.45, 2.75) is 30.6 Å². The van der Waals surface area contributed by atoms with Crippen LogP contribution in [-0.2, 0) is 4.79 Å². The van der Waals surface area contributed by atoms with Crippen LogP contribution >= 0.6 is 23.1 Å². The third-order valence-electron chi connectivity index (χ3n) is 4.56. The number of para-hydroxylation sites is 2. The number of amides is 1. The molecule has 0 radical (unpaired) electrons. The Hall–Kier alpha value is -2.11. The van der Waals surface area contributed by atoms with Crippen molar-refractivity contribution in [3.05, 3.63) is 60.2 Å². The van der Waals surface area contributed by atoms with Gasteiger partial charge in [-0.25, -0.2) is 4.98 Å². The van der Waals surface area contributed by atoms with Gasteiger partial charge in [0.25, 0.3) is 0 Å². The number of allylic oxidation sites excluding steroid dienone is 1. The lowest BCUT2D eigenvalue weighted by Gasteiger charge is -2.41. The van der Waals surface area contributed by atoms with Gasteiger partial charge in [0.2, 0.25) is 5.91 Å². The van der Waals surface area contributed by atoms with Crippen LogP contribution in [0.3, 0.4) is 0 Å². The summed E-state index contributed by atoms with van der Waals surface area (Å²) in [6.07, 6.45) is 2.18. The summed E-state index contributed by atoms with van der Waals surface area (Å²) in [4.78, 5) is 19.7. The summed E-state index contributed by atoms with van der Waals surface area (Å²) in [7, 11) is 0. The van der Waals surface area contributed by atoms with E-state index in [9.17, 15) is 4.79 Å². The number of aromatic nitrogens is 1. The maximum atomic E-state index is 13.1. The second kappa shape index (κ2) is 6.56. The lowest BCUT2D eigenvalue weighted by atomic mass is 9.89. The molecule has 2 aromatic carbocycles. The number of carbonyl (C=O) groups excluding carboxylic acids is 1. The molecule has 3 aromatic rings. The van der Waals surface area contributed by atoms with Crippen molar-refractivity contribution < 1.29 is 4.79 Å². The normalized spacial score (nSPS) is 15.7. The van der Waals surface area contributed by atoms with Crippen LogP contribution in [0.1, 0.15) is 26.3 Å². The SMILES string of the molecule is CC1=CC(C)(C)N(C(=O)CSc2nc3ccccc3s2)c2ccccc21. The number of benzene rings is 2. The number of hydrogen-bond donors (Lipinski definition) is 0. The third kappa shape index (κ3) is 3.06. The highest BCUT2D eigenvalue weighted by Gasteiger charge is 2.35. The van der Waals surface area contributed by atoms with Crippen LogP contribution in [0.5, 0.6) is 0 Å². The van der Waals surface area contributed by atoms with E-state index >= 15 is 0 Å². The summed E-state index contributed by atoms with van der Waals surface area (Å²) in [6.45, 7) is 6.29. The number of carbonyl (C=O) groups is 1. The maximum absolute atomic E-state index is 13.1. The Morgan fingerprint density at radius 1 is 1.15 bits per heavy atom. The molecule has 0 saturated carbocycles. The van der Waals surface area contributed by atoms with E-state index in [0.717, 1.165) is 25.8 Å². The summed E-state index contributed by atoms with van der Waals surface area (Å²) >= 11 is 3.16. The molecule has 2 heterocycles. The highest BCUT2D eigenvalue weighted by atomic mass is 32.2. The standard InChI is InChI=1S/C21H20N2OS2/c1-14-12-21(2,3)23(17-10-6-4-8-15(14)17)19(24)13-25-20-22-16-9-5-7-11-18(16)26-20/h4-12H,13H2,1-3H3. The number of anilines is 1. The van der Waals surface area contributed by atoms with Crippen LogP contribution in [0, 0.1) is 0 Å². The molecule has 0 bridgehead atoms. The van der Waals surface area contributed by atoms with Crippen LogP contribution in [0.15, 0.2) is 58.9 Å². The third-order valence-corrected chi connectivity index (χ3v) is 6.72. The van der Waals surface area contributed by atoms with Crippen LogP contribution < -0.4 is 4.90 Å². The van der Waals surface area contributed by atoms with Crippen LogP contribution in [0.4, 0.5) is 5.69 Å². The van der Waals surface area contributed by atoms with Gasteiger partial charge in [-0.2, -0.15) is 0 Å². The second-order valence-corrected chi connectivity index (χ2v) is 9.22. The van der Waals surface area contributed by atoms with Gasteiger partial charge in [-0.15, -0.1) is 11.3 Å². The number of rotatable bonds is 3. The molecule has 132 valence electrons. The molecule has 5 heteroatoms. The largest absolute Gasteiger partial charge is 0.302 e. The Balaban J connectivity index is 1.59. The Morgan fingerprint density at radius 3 is 2.69 bits per heavy atom. The van der Waals surface area contributed by atoms with Gasteiger partial charge >= 0.3 is 0 Å². The van der Waals surface area contributed by atoms with E-state index in [1.165, 1.54) is 17.3 Å². The van der Waals surface area contributed by atoms with E-state index in [-0.39, 0.29) is 11.4 Å². The maximum Gasteiger partial charge on any atom is 0.238 e. The number of fused-ring (bicyclic) bond motifs is 2. The number of hydrogen-bond acceptors (Lipinski definition) is 4. The van der Waals surface area contributed by atoms with Gasteiger partial charge in [-0.3, -0.25) is 4.79 Å². The van der Waals surface area contributed by atoms with E-state index in [1.807, 2.05) is 41.3 Å². The van der Waals surface area contributed by atoms with Crippen LogP contribution in [0.25, 0.3) is 15.8 Å². The van der Waals surface area contributed by atoms with Gasteiger partial charge in [0, 0.05) is 5.56 Å². The average molecular weight is 381 g/mol. The van der Waals surface area contributed by atoms with E-state index in [1.54, 1.807) is 11.3 Å². The Morgan fingerprint density at radius 2 is 1.88 bits per heavy atom. The minimum Gasteiger partial charge on any atom is -0.302 e. The summed E-state index contributed by atoms with van der Waals surface area (Å²) in [5.41, 5.74) is 3.99. The molecule has 0 fully saturated rings. The molecule has 0 aliphatic carbocycles. The smallest absolute Gasteiger partial charge is 0.238 e. The van der Waals surface area contributed by atoms with Crippen LogP contribution in [0.2, 0.25) is 0 Å². The molecule has 3 nitrogen and oxygen atoms in total. The van der Waals surface area contributed by atoms with Crippen molar-refractivity contribution in [3.8, 4) is 0 Å². The molecule has 0 N–H and O–H groups in total. The molecular weight excluding hydrogens is 360 g/mol. The van der Waals surface area contributed by atoms with Gasteiger partial charge in [0.15, 0.2) is 4.34 Å². The molecule has 1 aliphatic rings. The van der Waals surface area contributed by atoms with Crippen molar-refractivity contribution in [3.63, 3.8) is 0 Å². The first-order chi connectivity index (χ1) is 12.5. The van der Waals surface area contributed by atoms with Gasteiger partial charge in [-0.05, 0) is 44.5 Å². The molecule has 0 spiro atoms. The van der Waals surface area contributed by atoms with Crippen LogP contribution in [-0.4, -0.2) is 22.2 Å². The molecule has 1 amide bonds. The second-order valence-electron chi connectivity index (χ2n) is 6.96. The van der Waals surface area contributed by atoms with Gasteiger partial charge in [0.1, 0.15) is 0 Å². The summed E-state index contributed by atoms with van der Waals surface area (Å²) < 4.78 is 2.10. The van der Waals surface area contributed by atoms with Crippen molar-refractivity contribution in [1.82, 2.24) is 4.98 Å². The van der Waals surface area contributed by atoms with Crippen molar-refractivity contribution in [1.29, 1.82) is 0 Å². The summed E-state index contributed by atoms with van der Waals surface area (Å²) in [5.74, 6) is 0.486. The zero-order chi connectivity index (χ0) is 18.3. The molecular formula is C21H20N2OS2. The number of thioether (sulfide) groups is 1. The first kappa shape index (κ1) is 17.3. The summed E-state index contributed by atoms with van der Waals surface area (Å²) in [6, 6.07) is 16.2. The van der Waals surface area contributed by atoms with E-state index in [4.69, 9.17) is 0 Å². The van der Waals surface area contributed by atoms with Crippen molar-refractivity contribution in [2.24, 2.45) is 0 Å². The molecule has 4 rings (SSSR count). The molecule has 1 aromatic heterocycles. The van der Waals surface area contributed by atoms with Crippen molar-refractivity contribution >= 4 is 50.5 Å². The van der Waals surface area contributed by atoms with Gasteiger partial charge in [-0.1, -0.05) is 48.2 Å². The fraction of sp³-hybridized carbons (Fsp3) is 0.238. The molecule has 0 saturated heterocycles. The van der Waals surface area contributed by atoms with Crippen molar-refractivity contribution in [2.75, 3.05) is 10.7 Å². The minimum absolute atomic E-state index is 0.107. The predicted molar refractivity (Wildman–Crippen MR) is 112 cm³/mol. The highest BCUT2D eigenvalue weighted by molar-refractivity contribution is 8.01. The average Bonchev–Trinajstić information content (AvgIpc) is 3.02. The lowest BCUT2D eigenvalue weighted by molar-refractivity contribution is -0.116. The zero-order valence-corrected chi connectivity index (χ0v) is 16.7. The Bertz CT molecular complexity index is 987. The molecule has 26 heavy (non-hydrogen) atoms.